The zero-order valence-corrected chi connectivity index (χ0v) is 12.8. The Labute approximate surface area is 130 Å². The summed E-state index contributed by atoms with van der Waals surface area (Å²) < 4.78 is 13.5. The lowest BCUT2D eigenvalue weighted by molar-refractivity contribution is -0.115. The van der Waals surface area contributed by atoms with Gasteiger partial charge in [0.05, 0.1) is 18.3 Å². The molecule has 0 aliphatic rings. The Morgan fingerprint density at radius 2 is 1.91 bits per heavy atom. The van der Waals surface area contributed by atoms with Crippen molar-refractivity contribution in [3.05, 3.63) is 54.0 Å². The fraction of sp³-hybridized carbons (Fsp3) is 0.294. The fourth-order valence-electron chi connectivity index (χ4n) is 2.21. The monoisotopic (exact) mass is 301 g/mol. The highest BCUT2D eigenvalue weighted by atomic mass is 19.1. The van der Waals surface area contributed by atoms with Crippen molar-refractivity contribution in [2.45, 2.75) is 20.3 Å². The number of rotatable bonds is 6. The molecule has 0 unspecified atom stereocenters. The van der Waals surface area contributed by atoms with Crippen LogP contribution in [0.5, 0.6) is 0 Å². The smallest absolute Gasteiger partial charge is 0.228 e. The number of benzene rings is 1. The van der Waals surface area contributed by atoms with Gasteiger partial charge in [0.15, 0.2) is 0 Å². The summed E-state index contributed by atoms with van der Waals surface area (Å²) in [5.41, 5.74) is 0.991. The maximum atomic E-state index is 13.5. The zero-order valence-electron chi connectivity index (χ0n) is 12.8. The van der Waals surface area contributed by atoms with Crippen LogP contribution < -0.4 is 10.2 Å². The molecule has 0 saturated heterocycles. The molecule has 4 nitrogen and oxygen atoms in total. The molecule has 1 amide bonds. The van der Waals surface area contributed by atoms with E-state index in [9.17, 15) is 9.18 Å². The molecule has 1 N–H and O–H groups in total. The third kappa shape index (κ3) is 4.04. The van der Waals surface area contributed by atoms with Gasteiger partial charge in [0, 0.05) is 13.1 Å². The molecule has 22 heavy (non-hydrogen) atoms. The highest BCUT2D eigenvalue weighted by Gasteiger charge is 2.09. The lowest BCUT2D eigenvalue weighted by Gasteiger charge is -2.19. The van der Waals surface area contributed by atoms with Gasteiger partial charge in [0.1, 0.15) is 11.6 Å². The fourth-order valence-corrected chi connectivity index (χ4v) is 2.21. The quantitative estimate of drug-likeness (QED) is 0.891. The molecule has 1 heterocycles. The highest BCUT2D eigenvalue weighted by Crippen LogP contribution is 2.14. The number of aromatic nitrogens is 1. The van der Waals surface area contributed by atoms with Crippen molar-refractivity contribution in [3.63, 3.8) is 0 Å². The van der Waals surface area contributed by atoms with E-state index in [4.69, 9.17) is 0 Å². The standard InChI is InChI=1S/C17H20FN3O/c1-3-21(4-2)16-10-9-14(12-19-16)20-17(22)11-13-7-5-6-8-15(13)18/h5-10,12H,3-4,11H2,1-2H3,(H,20,22). The largest absolute Gasteiger partial charge is 0.357 e. The van der Waals surface area contributed by atoms with E-state index in [0.29, 0.717) is 11.3 Å². The molecule has 5 heteroatoms. The number of hydrogen-bond donors (Lipinski definition) is 1. The molecule has 2 aromatic rings. The molecule has 0 spiro atoms. The van der Waals surface area contributed by atoms with E-state index in [1.807, 2.05) is 6.07 Å². The van der Waals surface area contributed by atoms with Gasteiger partial charge in [0.2, 0.25) is 5.91 Å². The van der Waals surface area contributed by atoms with Crippen LogP contribution >= 0.6 is 0 Å². The minimum atomic E-state index is -0.368. The van der Waals surface area contributed by atoms with Crippen molar-refractivity contribution in [3.8, 4) is 0 Å². The number of halogens is 1. The molecular formula is C17H20FN3O. The lowest BCUT2D eigenvalue weighted by atomic mass is 10.1. The molecule has 2 rings (SSSR count). The molecule has 0 aliphatic heterocycles. The number of amides is 1. The lowest BCUT2D eigenvalue weighted by Crippen LogP contribution is -2.23. The maximum Gasteiger partial charge on any atom is 0.228 e. The van der Waals surface area contributed by atoms with E-state index in [0.717, 1.165) is 18.9 Å². The number of carbonyl (C=O) groups is 1. The Morgan fingerprint density at radius 3 is 2.50 bits per heavy atom. The van der Waals surface area contributed by atoms with E-state index in [1.165, 1.54) is 6.07 Å². The highest BCUT2D eigenvalue weighted by molar-refractivity contribution is 5.92. The molecule has 116 valence electrons. The number of nitrogens with one attached hydrogen (secondary N) is 1. The minimum absolute atomic E-state index is 0.00443. The summed E-state index contributed by atoms with van der Waals surface area (Å²) in [6.07, 6.45) is 1.62. The van der Waals surface area contributed by atoms with Gasteiger partial charge in [0.25, 0.3) is 0 Å². The second-order valence-corrected chi connectivity index (χ2v) is 4.89. The summed E-state index contributed by atoms with van der Waals surface area (Å²) in [6.45, 7) is 5.88. The average Bonchev–Trinajstić information content (AvgIpc) is 2.52. The molecule has 1 aromatic carbocycles. The molecule has 1 aromatic heterocycles. The van der Waals surface area contributed by atoms with E-state index >= 15 is 0 Å². The van der Waals surface area contributed by atoms with Crippen LogP contribution in [0.1, 0.15) is 19.4 Å². The van der Waals surface area contributed by atoms with Crippen molar-refractivity contribution in [2.75, 3.05) is 23.3 Å². The predicted octanol–water partition coefficient (Wildman–Crippen LogP) is 3.25. The van der Waals surface area contributed by atoms with Crippen molar-refractivity contribution in [1.29, 1.82) is 0 Å². The molecule has 0 radical (unpaired) electrons. The predicted molar refractivity (Wildman–Crippen MR) is 86.5 cm³/mol. The van der Waals surface area contributed by atoms with Gasteiger partial charge in [-0.2, -0.15) is 0 Å². The second kappa shape index (κ2) is 7.54. The van der Waals surface area contributed by atoms with Gasteiger partial charge in [-0.25, -0.2) is 9.37 Å². The number of carbonyl (C=O) groups excluding carboxylic acids is 1. The second-order valence-electron chi connectivity index (χ2n) is 4.89. The van der Waals surface area contributed by atoms with Crippen LogP contribution in [0, 0.1) is 5.82 Å². The molecular weight excluding hydrogens is 281 g/mol. The van der Waals surface area contributed by atoms with Gasteiger partial charge in [-0.05, 0) is 37.6 Å². The third-order valence-corrected chi connectivity index (χ3v) is 3.43. The number of pyridine rings is 1. The van der Waals surface area contributed by atoms with Crippen molar-refractivity contribution in [1.82, 2.24) is 4.98 Å². The Balaban J connectivity index is 1.99. The van der Waals surface area contributed by atoms with E-state index in [1.54, 1.807) is 30.5 Å². The van der Waals surface area contributed by atoms with Crippen LogP contribution in [0.2, 0.25) is 0 Å². The van der Waals surface area contributed by atoms with Crippen LogP contribution in [0.3, 0.4) is 0 Å². The molecule has 0 atom stereocenters. The van der Waals surface area contributed by atoms with Crippen LogP contribution in [0.15, 0.2) is 42.6 Å². The summed E-state index contributed by atoms with van der Waals surface area (Å²) in [5.74, 6) is 0.243. The van der Waals surface area contributed by atoms with Crippen LogP contribution in [0.4, 0.5) is 15.9 Å². The maximum absolute atomic E-state index is 13.5. The van der Waals surface area contributed by atoms with E-state index < -0.39 is 0 Å². The zero-order chi connectivity index (χ0) is 15.9. The molecule has 0 bridgehead atoms. The van der Waals surface area contributed by atoms with Crippen molar-refractivity contribution < 1.29 is 9.18 Å². The summed E-state index contributed by atoms with van der Waals surface area (Å²) in [4.78, 5) is 18.4. The SMILES string of the molecule is CCN(CC)c1ccc(NC(=O)Cc2ccccc2F)cn1. The molecule has 0 saturated carbocycles. The first-order chi connectivity index (χ1) is 10.6. The number of hydrogen-bond acceptors (Lipinski definition) is 3. The summed E-state index contributed by atoms with van der Waals surface area (Å²) in [5, 5.41) is 2.73. The Kier molecular flexibility index (Phi) is 5.47. The normalized spacial score (nSPS) is 10.3. The number of nitrogens with zero attached hydrogens (tertiary/aromatic N) is 2. The van der Waals surface area contributed by atoms with Crippen LogP contribution in [-0.4, -0.2) is 24.0 Å². The Morgan fingerprint density at radius 1 is 1.18 bits per heavy atom. The summed E-state index contributed by atoms with van der Waals surface area (Å²) in [6, 6.07) is 9.95. The topological polar surface area (TPSA) is 45.2 Å². The first-order valence-electron chi connectivity index (χ1n) is 7.38. The van der Waals surface area contributed by atoms with Crippen molar-refractivity contribution in [2.24, 2.45) is 0 Å². The summed E-state index contributed by atoms with van der Waals surface area (Å²) in [7, 11) is 0. The van der Waals surface area contributed by atoms with Gasteiger partial charge in [-0.3, -0.25) is 4.79 Å². The summed E-state index contributed by atoms with van der Waals surface area (Å²) >= 11 is 0. The van der Waals surface area contributed by atoms with E-state index in [2.05, 4.69) is 29.0 Å². The average molecular weight is 301 g/mol. The number of anilines is 2. The Hall–Kier alpha value is -2.43. The molecule has 0 aliphatic carbocycles. The minimum Gasteiger partial charge on any atom is -0.357 e. The Bertz CT molecular complexity index is 624. The van der Waals surface area contributed by atoms with Crippen LogP contribution in [0.25, 0.3) is 0 Å². The first kappa shape index (κ1) is 15.9. The van der Waals surface area contributed by atoms with Gasteiger partial charge in [-0.15, -0.1) is 0 Å². The first-order valence-corrected chi connectivity index (χ1v) is 7.38. The van der Waals surface area contributed by atoms with Crippen molar-refractivity contribution >= 4 is 17.4 Å². The van der Waals surface area contributed by atoms with Gasteiger partial charge in [-0.1, -0.05) is 18.2 Å². The van der Waals surface area contributed by atoms with E-state index in [-0.39, 0.29) is 18.1 Å². The van der Waals surface area contributed by atoms with Crippen LogP contribution in [-0.2, 0) is 11.2 Å². The van der Waals surface area contributed by atoms with Gasteiger partial charge < -0.3 is 10.2 Å². The van der Waals surface area contributed by atoms with Gasteiger partial charge >= 0.3 is 0 Å². The third-order valence-electron chi connectivity index (χ3n) is 3.43. The molecule has 0 fully saturated rings.